The van der Waals surface area contributed by atoms with Crippen molar-refractivity contribution >= 4 is 11.6 Å². The van der Waals surface area contributed by atoms with Crippen LogP contribution in [0, 0.1) is 0 Å². The van der Waals surface area contributed by atoms with E-state index in [0.717, 1.165) is 55.9 Å². The second-order valence-electron chi connectivity index (χ2n) is 6.37. The molecule has 1 aromatic carbocycles. The number of ether oxygens (including phenoxy) is 1. The standard InChI is InChI=1S/C19H27N5O/c1-4-17-18(5-2)22-23-19(21-17)20-14-8-7-11-24(13-14)15-9-6-10-16(12-15)25-3/h6,9-10,12,14H,4-5,7-8,11,13H2,1-3H3,(H,20,21,23). The van der Waals surface area contributed by atoms with E-state index >= 15 is 0 Å². The summed E-state index contributed by atoms with van der Waals surface area (Å²) in [5, 5.41) is 12.1. The van der Waals surface area contributed by atoms with Gasteiger partial charge in [-0.25, -0.2) is 4.98 Å². The maximum absolute atomic E-state index is 5.34. The molecule has 1 saturated heterocycles. The Bertz CT molecular complexity index is 706. The number of rotatable bonds is 6. The number of hydrogen-bond donors (Lipinski definition) is 1. The van der Waals surface area contributed by atoms with Crippen LogP contribution in [0.25, 0.3) is 0 Å². The van der Waals surface area contributed by atoms with E-state index in [1.165, 1.54) is 5.69 Å². The Hall–Kier alpha value is -2.37. The van der Waals surface area contributed by atoms with Crippen molar-refractivity contribution in [1.29, 1.82) is 0 Å². The van der Waals surface area contributed by atoms with Crippen molar-refractivity contribution < 1.29 is 4.74 Å². The van der Waals surface area contributed by atoms with Gasteiger partial charge in [0.15, 0.2) is 0 Å². The molecule has 25 heavy (non-hydrogen) atoms. The lowest BCUT2D eigenvalue weighted by atomic mass is 10.0. The lowest BCUT2D eigenvalue weighted by Crippen LogP contribution is -2.42. The molecule has 1 unspecified atom stereocenters. The Kier molecular flexibility index (Phi) is 5.68. The van der Waals surface area contributed by atoms with Gasteiger partial charge in [0.1, 0.15) is 5.75 Å². The summed E-state index contributed by atoms with van der Waals surface area (Å²) >= 11 is 0. The molecule has 3 rings (SSSR count). The van der Waals surface area contributed by atoms with Crippen molar-refractivity contribution in [2.45, 2.75) is 45.6 Å². The van der Waals surface area contributed by atoms with Crippen LogP contribution in [-0.2, 0) is 12.8 Å². The average Bonchev–Trinajstić information content (AvgIpc) is 2.68. The summed E-state index contributed by atoms with van der Waals surface area (Å²) in [5.41, 5.74) is 3.23. The van der Waals surface area contributed by atoms with E-state index in [-0.39, 0.29) is 0 Å². The highest BCUT2D eigenvalue weighted by atomic mass is 16.5. The lowest BCUT2D eigenvalue weighted by Gasteiger charge is -2.34. The molecule has 1 aromatic heterocycles. The molecule has 1 atom stereocenters. The van der Waals surface area contributed by atoms with Crippen LogP contribution < -0.4 is 15.0 Å². The van der Waals surface area contributed by atoms with Crippen molar-refractivity contribution in [3.05, 3.63) is 35.7 Å². The van der Waals surface area contributed by atoms with Crippen molar-refractivity contribution in [2.24, 2.45) is 0 Å². The van der Waals surface area contributed by atoms with Gasteiger partial charge in [0, 0.05) is 30.9 Å². The van der Waals surface area contributed by atoms with E-state index in [1.807, 2.05) is 12.1 Å². The maximum atomic E-state index is 5.34. The highest BCUT2D eigenvalue weighted by Crippen LogP contribution is 2.25. The minimum absolute atomic E-state index is 0.318. The van der Waals surface area contributed by atoms with E-state index in [4.69, 9.17) is 4.74 Å². The highest BCUT2D eigenvalue weighted by Gasteiger charge is 2.21. The zero-order valence-corrected chi connectivity index (χ0v) is 15.3. The molecule has 0 radical (unpaired) electrons. The molecule has 2 aromatic rings. The van der Waals surface area contributed by atoms with Crippen molar-refractivity contribution in [3.63, 3.8) is 0 Å². The molecule has 0 bridgehead atoms. The van der Waals surface area contributed by atoms with Crippen LogP contribution in [0.2, 0.25) is 0 Å². The smallest absolute Gasteiger partial charge is 0.243 e. The second kappa shape index (κ2) is 8.14. The first-order valence-corrected chi connectivity index (χ1v) is 9.11. The Morgan fingerprint density at radius 3 is 2.80 bits per heavy atom. The SMILES string of the molecule is CCc1nnc(NC2CCCN(c3cccc(OC)c3)C2)nc1CC. The molecule has 0 saturated carbocycles. The van der Waals surface area contributed by atoms with Gasteiger partial charge in [0.25, 0.3) is 0 Å². The number of hydrogen-bond acceptors (Lipinski definition) is 6. The second-order valence-corrected chi connectivity index (χ2v) is 6.37. The zero-order chi connectivity index (χ0) is 17.6. The molecular formula is C19H27N5O. The van der Waals surface area contributed by atoms with Gasteiger partial charge in [-0.1, -0.05) is 19.9 Å². The van der Waals surface area contributed by atoms with Crippen LogP contribution in [-0.4, -0.2) is 41.4 Å². The Balaban J connectivity index is 1.69. The van der Waals surface area contributed by atoms with Crippen molar-refractivity contribution in [3.8, 4) is 5.75 Å². The van der Waals surface area contributed by atoms with Gasteiger partial charge in [-0.2, -0.15) is 5.10 Å². The van der Waals surface area contributed by atoms with Gasteiger partial charge in [0.2, 0.25) is 5.95 Å². The van der Waals surface area contributed by atoms with E-state index in [1.54, 1.807) is 7.11 Å². The van der Waals surface area contributed by atoms with Gasteiger partial charge >= 0.3 is 0 Å². The molecule has 0 aliphatic carbocycles. The van der Waals surface area contributed by atoms with Crippen molar-refractivity contribution in [1.82, 2.24) is 15.2 Å². The molecular weight excluding hydrogens is 314 g/mol. The molecule has 1 aliphatic rings. The third kappa shape index (κ3) is 4.18. The molecule has 1 N–H and O–H groups in total. The molecule has 6 nitrogen and oxygen atoms in total. The van der Waals surface area contributed by atoms with Crippen LogP contribution in [0.1, 0.15) is 38.1 Å². The summed E-state index contributed by atoms with van der Waals surface area (Å²) in [6.45, 7) is 6.18. The molecule has 0 spiro atoms. The number of piperidine rings is 1. The largest absolute Gasteiger partial charge is 0.497 e. The lowest BCUT2D eigenvalue weighted by molar-refractivity contribution is 0.414. The van der Waals surface area contributed by atoms with Crippen LogP contribution in [0.15, 0.2) is 24.3 Å². The number of anilines is 2. The minimum atomic E-state index is 0.318. The Morgan fingerprint density at radius 1 is 1.20 bits per heavy atom. The average molecular weight is 341 g/mol. The first-order chi connectivity index (χ1) is 12.2. The monoisotopic (exact) mass is 341 g/mol. The van der Waals surface area contributed by atoms with E-state index in [0.29, 0.717) is 12.0 Å². The van der Waals surface area contributed by atoms with Crippen molar-refractivity contribution in [2.75, 3.05) is 30.4 Å². The Labute approximate surface area is 149 Å². The number of aromatic nitrogens is 3. The van der Waals surface area contributed by atoms with E-state index in [9.17, 15) is 0 Å². The predicted molar refractivity (Wildman–Crippen MR) is 100 cm³/mol. The van der Waals surface area contributed by atoms with Gasteiger partial charge < -0.3 is 15.0 Å². The number of benzene rings is 1. The van der Waals surface area contributed by atoms with Gasteiger partial charge in [-0.3, -0.25) is 0 Å². The third-order valence-electron chi connectivity index (χ3n) is 4.68. The normalized spacial score (nSPS) is 17.4. The summed E-state index contributed by atoms with van der Waals surface area (Å²) in [6, 6.07) is 8.55. The van der Waals surface area contributed by atoms with Crippen LogP contribution >= 0.6 is 0 Å². The summed E-state index contributed by atoms with van der Waals surface area (Å²) in [5.74, 6) is 1.54. The van der Waals surface area contributed by atoms with Crippen LogP contribution in [0.3, 0.4) is 0 Å². The number of nitrogens with zero attached hydrogens (tertiary/aromatic N) is 4. The molecule has 1 aliphatic heterocycles. The van der Waals surface area contributed by atoms with Gasteiger partial charge in [0.05, 0.1) is 18.5 Å². The number of nitrogens with one attached hydrogen (secondary N) is 1. The first kappa shape index (κ1) is 17.5. The summed E-state index contributed by atoms with van der Waals surface area (Å²) in [6.07, 6.45) is 4.00. The number of aryl methyl sites for hydroxylation is 2. The molecule has 6 heteroatoms. The van der Waals surface area contributed by atoms with Gasteiger partial charge in [-0.15, -0.1) is 5.10 Å². The first-order valence-electron chi connectivity index (χ1n) is 9.11. The highest BCUT2D eigenvalue weighted by molar-refractivity contribution is 5.51. The molecule has 2 heterocycles. The summed E-state index contributed by atoms with van der Waals surface area (Å²) < 4.78 is 5.34. The van der Waals surface area contributed by atoms with Gasteiger partial charge in [-0.05, 0) is 37.8 Å². The van der Waals surface area contributed by atoms with E-state index < -0.39 is 0 Å². The predicted octanol–water partition coefficient (Wildman–Crippen LogP) is 3.09. The molecule has 134 valence electrons. The quantitative estimate of drug-likeness (QED) is 0.871. The third-order valence-corrected chi connectivity index (χ3v) is 4.68. The molecule has 1 fully saturated rings. The molecule has 0 amide bonds. The fourth-order valence-electron chi connectivity index (χ4n) is 3.32. The Morgan fingerprint density at radius 2 is 2.04 bits per heavy atom. The van der Waals surface area contributed by atoms with E-state index in [2.05, 4.69) is 51.4 Å². The number of methoxy groups -OCH3 is 1. The summed E-state index contributed by atoms with van der Waals surface area (Å²) in [7, 11) is 1.70. The fraction of sp³-hybridized carbons (Fsp3) is 0.526. The van der Waals surface area contributed by atoms with Crippen LogP contribution in [0.5, 0.6) is 5.75 Å². The minimum Gasteiger partial charge on any atom is -0.497 e. The maximum Gasteiger partial charge on any atom is 0.243 e. The summed E-state index contributed by atoms with van der Waals surface area (Å²) in [4.78, 5) is 7.05. The van der Waals surface area contributed by atoms with Crippen LogP contribution in [0.4, 0.5) is 11.6 Å². The zero-order valence-electron chi connectivity index (χ0n) is 15.3. The topological polar surface area (TPSA) is 63.2 Å². The fourth-order valence-corrected chi connectivity index (χ4v) is 3.32.